The Bertz CT molecular complexity index is 1090. The highest BCUT2D eigenvalue weighted by Gasteiger charge is 2.28. The molecule has 158 valence electrons. The van der Waals surface area contributed by atoms with E-state index in [-0.39, 0.29) is 24.0 Å². The average molecular weight is 449 g/mol. The van der Waals surface area contributed by atoms with Gasteiger partial charge in [0.25, 0.3) is 5.91 Å². The topological polar surface area (TPSA) is 84.9 Å². The van der Waals surface area contributed by atoms with Gasteiger partial charge in [0.15, 0.2) is 0 Å². The molecule has 0 aromatic heterocycles. The van der Waals surface area contributed by atoms with Gasteiger partial charge in [-0.15, -0.1) is 0 Å². The molecule has 2 aliphatic heterocycles. The van der Waals surface area contributed by atoms with Gasteiger partial charge < -0.3 is 14.8 Å². The standard InChI is InChI=1S/C21H21ClN2O5S/c22-18-5-6-19-16(12-18)11-17(14-29-19)21(25)23-13-15-3-1-2-4-20(15)30(26,27)24-7-9-28-10-8-24/h1-6,11-12H,7-10,13-14H2,(H,23,25). The first-order valence-corrected chi connectivity index (χ1v) is 11.3. The van der Waals surface area contributed by atoms with Crippen molar-refractivity contribution in [1.82, 2.24) is 9.62 Å². The van der Waals surface area contributed by atoms with Crippen LogP contribution in [0.1, 0.15) is 11.1 Å². The Balaban J connectivity index is 1.50. The number of benzene rings is 2. The summed E-state index contributed by atoms with van der Waals surface area (Å²) in [6.07, 6.45) is 1.73. The fourth-order valence-electron chi connectivity index (χ4n) is 3.40. The monoisotopic (exact) mass is 448 g/mol. The van der Waals surface area contributed by atoms with Crippen LogP contribution in [0.3, 0.4) is 0 Å². The van der Waals surface area contributed by atoms with Gasteiger partial charge in [-0.05, 0) is 35.9 Å². The summed E-state index contributed by atoms with van der Waals surface area (Å²) in [6, 6.07) is 11.9. The lowest BCUT2D eigenvalue weighted by Gasteiger charge is -2.27. The molecule has 7 nitrogen and oxygen atoms in total. The zero-order valence-corrected chi connectivity index (χ0v) is 17.7. The van der Waals surface area contributed by atoms with E-state index in [0.29, 0.717) is 48.2 Å². The predicted octanol–water partition coefficient (Wildman–Crippen LogP) is 2.45. The van der Waals surface area contributed by atoms with Crippen LogP contribution in [0, 0.1) is 0 Å². The number of ether oxygens (including phenoxy) is 2. The van der Waals surface area contributed by atoms with Gasteiger partial charge in [-0.25, -0.2) is 8.42 Å². The van der Waals surface area contributed by atoms with Crippen LogP contribution < -0.4 is 10.1 Å². The van der Waals surface area contributed by atoms with Crippen molar-refractivity contribution in [2.24, 2.45) is 0 Å². The second kappa shape index (κ2) is 8.77. The fraction of sp³-hybridized carbons (Fsp3) is 0.286. The highest BCUT2D eigenvalue weighted by molar-refractivity contribution is 7.89. The zero-order valence-electron chi connectivity index (χ0n) is 16.1. The molecule has 0 radical (unpaired) electrons. The van der Waals surface area contributed by atoms with E-state index in [1.807, 2.05) is 0 Å². The van der Waals surface area contributed by atoms with Gasteiger partial charge >= 0.3 is 0 Å². The summed E-state index contributed by atoms with van der Waals surface area (Å²) in [7, 11) is -3.66. The SMILES string of the molecule is O=C(NCc1ccccc1S(=O)(=O)N1CCOCC1)C1=Cc2cc(Cl)ccc2OC1. The van der Waals surface area contributed by atoms with Crippen molar-refractivity contribution >= 4 is 33.6 Å². The van der Waals surface area contributed by atoms with Gasteiger partial charge in [0.2, 0.25) is 10.0 Å². The van der Waals surface area contributed by atoms with Crippen LogP contribution in [0.4, 0.5) is 0 Å². The molecule has 1 saturated heterocycles. The molecule has 9 heteroatoms. The normalized spacial score (nSPS) is 16.9. The molecule has 1 fully saturated rings. The van der Waals surface area contributed by atoms with Crippen molar-refractivity contribution in [3.63, 3.8) is 0 Å². The lowest BCUT2D eigenvalue weighted by Crippen LogP contribution is -2.41. The number of amides is 1. The lowest BCUT2D eigenvalue weighted by molar-refractivity contribution is -0.117. The summed E-state index contributed by atoms with van der Waals surface area (Å²) in [5.41, 5.74) is 1.70. The molecule has 2 aliphatic rings. The summed E-state index contributed by atoms with van der Waals surface area (Å²) in [4.78, 5) is 12.9. The molecule has 0 aliphatic carbocycles. The minimum absolute atomic E-state index is 0.0817. The maximum atomic E-state index is 13.0. The van der Waals surface area contributed by atoms with E-state index >= 15 is 0 Å². The smallest absolute Gasteiger partial charge is 0.250 e. The molecule has 4 rings (SSSR count). The van der Waals surface area contributed by atoms with Crippen molar-refractivity contribution in [3.05, 3.63) is 64.2 Å². The largest absolute Gasteiger partial charge is 0.488 e. The first-order chi connectivity index (χ1) is 14.4. The molecule has 30 heavy (non-hydrogen) atoms. The maximum absolute atomic E-state index is 13.0. The number of fused-ring (bicyclic) bond motifs is 1. The van der Waals surface area contributed by atoms with Gasteiger partial charge in [0.1, 0.15) is 12.4 Å². The van der Waals surface area contributed by atoms with Crippen LogP contribution in [0.15, 0.2) is 52.9 Å². The van der Waals surface area contributed by atoms with Crippen molar-refractivity contribution in [3.8, 4) is 5.75 Å². The van der Waals surface area contributed by atoms with E-state index < -0.39 is 10.0 Å². The van der Waals surface area contributed by atoms with Gasteiger partial charge in [-0.3, -0.25) is 4.79 Å². The molecule has 2 heterocycles. The van der Waals surface area contributed by atoms with E-state index in [0.717, 1.165) is 5.56 Å². The summed E-state index contributed by atoms with van der Waals surface area (Å²) in [6.45, 7) is 1.59. The Labute approximate surface area is 180 Å². The lowest BCUT2D eigenvalue weighted by atomic mass is 10.1. The second-order valence-corrected chi connectivity index (χ2v) is 9.29. The predicted molar refractivity (Wildman–Crippen MR) is 113 cm³/mol. The second-order valence-electron chi connectivity index (χ2n) is 6.95. The number of carbonyl (C=O) groups excluding carboxylic acids is 1. The number of rotatable bonds is 5. The molecule has 2 aromatic rings. The molecule has 0 bridgehead atoms. The molecule has 0 saturated carbocycles. The Morgan fingerprint density at radius 2 is 1.90 bits per heavy atom. The van der Waals surface area contributed by atoms with Crippen molar-refractivity contribution in [2.45, 2.75) is 11.4 Å². The van der Waals surface area contributed by atoms with Gasteiger partial charge in [-0.1, -0.05) is 29.8 Å². The number of sulfonamides is 1. The highest BCUT2D eigenvalue weighted by Crippen LogP contribution is 2.29. The van der Waals surface area contributed by atoms with Crippen LogP contribution in [0.25, 0.3) is 6.08 Å². The molecule has 2 aromatic carbocycles. The number of carbonyl (C=O) groups is 1. The molecular formula is C21H21ClN2O5S. The van der Waals surface area contributed by atoms with Gasteiger partial charge in [0.05, 0.1) is 23.7 Å². The zero-order chi connectivity index (χ0) is 21.1. The van der Waals surface area contributed by atoms with Crippen LogP contribution in [0.5, 0.6) is 5.75 Å². The van der Waals surface area contributed by atoms with Crippen molar-refractivity contribution in [2.75, 3.05) is 32.9 Å². The minimum atomic E-state index is -3.66. The van der Waals surface area contributed by atoms with Crippen molar-refractivity contribution < 1.29 is 22.7 Å². The Kier molecular flexibility index (Phi) is 6.10. The number of hydrogen-bond acceptors (Lipinski definition) is 5. The first kappa shape index (κ1) is 20.9. The number of nitrogens with one attached hydrogen (secondary N) is 1. The number of hydrogen-bond donors (Lipinski definition) is 1. The maximum Gasteiger partial charge on any atom is 0.250 e. The third kappa shape index (κ3) is 4.37. The molecule has 0 unspecified atom stereocenters. The number of nitrogens with zero attached hydrogens (tertiary/aromatic N) is 1. The highest BCUT2D eigenvalue weighted by atomic mass is 35.5. The van der Waals surface area contributed by atoms with Crippen molar-refractivity contribution in [1.29, 1.82) is 0 Å². The van der Waals surface area contributed by atoms with E-state index in [4.69, 9.17) is 21.1 Å². The van der Waals surface area contributed by atoms with Gasteiger partial charge in [0, 0.05) is 30.2 Å². The number of halogens is 1. The minimum Gasteiger partial charge on any atom is -0.488 e. The Hall–Kier alpha value is -2.39. The van der Waals surface area contributed by atoms with E-state index in [1.54, 1.807) is 48.5 Å². The average Bonchev–Trinajstić information content (AvgIpc) is 2.77. The first-order valence-electron chi connectivity index (χ1n) is 9.52. The summed E-state index contributed by atoms with van der Waals surface area (Å²) < 4.78 is 38.4. The Morgan fingerprint density at radius 3 is 2.70 bits per heavy atom. The molecule has 0 atom stereocenters. The summed E-state index contributed by atoms with van der Waals surface area (Å²) in [5, 5.41) is 3.35. The van der Waals surface area contributed by atoms with Crippen LogP contribution in [-0.4, -0.2) is 51.5 Å². The van der Waals surface area contributed by atoms with E-state index in [1.165, 1.54) is 4.31 Å². The molecule has 1 amide bonds. The third-order valence-corrected chi connectivity index (χ3v) is 7.21. The summed E-state index contributed by atoms with van der Waals surface area (Å²) in [5.74, 6) is 0.345. The fourth-order valence-corrected chi connectivity index (χ4v) is 5.21. The van der Waals surface area contributed by atoms with Crippen LogP contribution in [-0.2, 0) is 26.1 Å². The molecule has 1 N–H and O–H groups in total. The number of morpholine rings is 1. The van der Waals surface area contributed by atoms with Crippen LogP contribution in [0.2, 0.25) is 5.02 Å². The molecular weight excluding hydrogens is 428 g/mol. The van der Waals surface area contributed by atoms with Crippen LogP contribution >= 0.6 is 11.6 Å². The van der Waals surface area contributed by atoms with Gasteiger partial charge in [-0.2, -0.15) is 4.31 Å². The van der Waals surface area contributed by atoms with E-state index in [2.05, 4.69) is 5.32 Å². The summed E-state index contributed by atoms with van der Waals surface area (Å²) >= 11 is 6.02. The third-order valence-electron chi connectivity index (χ3n) is 4.98. The van der Waals surface area contributed by atoms with E-state index in [9.17, 15) is 13.2 Å². The molecule has 0 spiro atoms. The quantitative estimate of drug-likeness (QED) is 0.759. The Morgan fingerprint density at radius 1 is 1.13 bits per heavy atom.